The molecule has 1 aliphatic rings. The van der Waals surface area contributed by atoms with Gasteiger partial charge in [-0.25, -0.2) is 9.69 Å². The molecule has 0 aliphatic carbocycles. The van der Waals surface area contributed by atoms with Gasteiger partial charge < -0.3 is 9.47 Å². The third kappa shape index (κ3) is 4.91. The van der Waals surface area contributed by atoms with Crippen molar-refractivity contribution in [3.8, 4) is 11.5 Å². The number of halogens is 2. The van der Waals surface area contributed by atoms with Crippen LogP contribution < -0.4 is 19.7 Å². The van der Waals surface area contributed by atoms with Crippen LogP contribution in [0.25, 0.3) is 6.08 Å². The van der Waals surface area contributed by atoms with Crippen molar-refractivity contribution in [1.82, 2.24) is 5.32 Å². The summed E-state index contributed by atoms with van der Waals surface area (Å²) in [4.78, 5) is 38.6. The molecule has 0 radical (unpaired) electrons. The lowest BCUT2D eigenvalue weighted by Crippen LogP contribution is -2.54. The lowest BCUT2D eigenvalue weighted by molar-refractivity contribution is -0.122. The van der Waals surface area contributed by atoms with Crippen molar-refractivity contribution in [1.29, 1.82) is 0 Å². The topological polar surface area (TPSA) is 84.9 Å². The number of anilines is 1. The number of carbonyl (C=O) groups is 3. The smallest absolute Gasteiger partial charge is 0.335 e. The number of urea groups is 1. The van der Waals surface area contributed by atoms with E-state index in [0.717, 1.165) is 11.3 Å². The Morgan fingerprint density at radius 3 is 2.45 bits per heavy atom. The largest absolute Gasteiger partial charge is 0.493 e. The number of hydrogen-bond donors (Lipinski definition) is 1. The molecule has 1 saturated heterocycles. The van der Waals surface area contributed by atoms with E-state index in [9.17, 15) is 14.4 Å². The first kappa shape index (κ1) is 22.8. The van der Waals surface area contributed by atoms with Gasteiger partial charge in [0.1, 0.15) is 5.57 Å². The molecule has 31 heavy (non-hydrogen) atoms. The van der Waals surface area contributed by atoms with Crippen LogP contribution in [-0.2, 0) is 9.59 Å². The molecule has 3 rings (SSSR count). The molecular formula is C22H20BrClN2O5. The average molecular weight is 508 g/mol. The molecule has 1 N–H and O–H groups in total. The van der Waals surface area contributed by atoms with E-state index >= 15 is 0 Å². The normalized spacial score (nSPS) is 16.4. The number of amides is 4. The minimum atomic E-state index is -0.830. The van der Waals surface area contributed by atoms with E-state index in [4.69, 9.17) is 21.1 Å². The van der Waals surface area contributed by atoms with Gasteiger partial charge in [0.05, 0.1) is 18.9 Å². The van der Waals surface area contributed by atoms with Crippen LogP contribution >= 0.6 is 27.5 Å². The lowest BCUT2D eigenvalue weighted by atomic mass is 10.1. The van der Waals surface area contributed by atoms with Crippen LogP contribution in [0, 0.1) is 0 Å². The molecule has 9 heteroatoms. The van der Waals surface area contributed by atoms with Crippen molar-refractivity contribution in [3.05, 3.63) is 57.0 Å². The highest BCUT2D eigenvalue weighted by Crippen LogP contribution is 2.36. The first-order chi connectivity index (χ1) is 14.7. The van der Waals surface area contributed by atoms with Crippen molar-refractivity contribution in [2.75, 3.05) is 12.0 Å². The van der Waals surface area contributed by atoms with Crippen molar-refractivity contribution in [2.45, 2.75) is 26.4 Å². The molecule has 0 bridgehead atoms. The number of carbonyl (C=O) groups excluding carboxylic acids is 3. The molecule has 2 aromatic rings. The summed E-state index contributed by atoms with van der Waals surface area (Å²) < 4.78 is 11.9. The van der Waals surface area contributed by atoms with Gasteiger partial charge in [0.2, 0.25) is 0 Å². The summed E-state index contributed by atoms with van der Waals surface area (Å²) in [7, 11) is 1.50. The van der Waals surface area contributed by atoms with Crippen LogP contribution in [0.5, 0.6) is 11.5 Å². The minimum absolute atomic E-state index is 0.0188. The molecule has 1 fully saturated rings. The zero-order chi connectivity index (χ0) is 22.7. The summed E-state index contributed by atoms with van der Waals surface area (Å²) in [5.74, 6) is -0.555. The second-order valence-electron chi connectivity index (χ2n) is 6.80. The molecule has 1 atom stereocenters. The number of hydrogen-bond acceptors (Lipinski definition) is 5. The lowest BCUT2D eigenvalue weighted by Gasteiger charge is -2.26. The predicted molar refractivity (Wildman–Crippen MR) is 122 cm³/mol. The van der Waals surface area contributed by atoms with Crippen LogP contribution in [0.4, 0.5) is 10.5 Å². The Balaban J connectivity index is 2.01. The maximum Gasteiger partial charge on any atom is 0.335 e. The van der Waals surface area contributed by atoms with E-state index in [0.29, 0.717) is 32.2 Å². The highest BCUT2D eigenvalue weighted by molar-refractivity contribution is 9.10. The predicted octanol–water partition coefficient (Wildman–Crippen LogP) is 4.95. The maximum atomic E-state index is 13.0. The van der Waals surface area contributed by atoms with Crippen LogP contribution in [0.1, 0.15) is 25.8 Å². The van der Waals surface area contributed by atoms with Gasteiger partial charge in [0, 0.05) is 9.50 Å². The number of nitrogens with one attached hydrogen (secondary N) is 1. The number of rotatable bonds is 6. The van der Waals surface area contributed by atoms with E-state index in [-0.39, 0.29) is 11.7 Å². The molecule has 0 aromatic heterocycles. The van der Waals surface area contributed by atoms with E-state index in [2.05, 4.69) is 21.2 Å². The quantitative estimate of drug-likeness (QED) is 0.441. The van der Waals surface area contributed by atoms with Crippen LogP contribution in [0.3, 0.4) is 0 Å². The first-order valence-corrected chi connectivity index (χ1v) is 10.6. The minimum Gasteiger partial charge on any atom is -0.493 e. The summed E-state index contributed by atoms with van der Waals surface area (Å²) in [5.41, 5.74) is 0.601. The van der Waals surface area contributed by atoms with Gasteiger partial charge in [-0.15, -0.1) is 0 Å². The Bertz CT molecular complexity index is 1070. The Labute approximate surface area is 193 Å². The zero-order valence-corrected chi connectivity index (χ0v) is 19.4. The maximum absolute atomic E-state index is 13.0. The third-order valence-corrected chi connectivity index (χ3v) is 5.61. The van der Waals surface area contributed by atoms with Crippen molar-refractivity contribution in [2.24, 2.45) is 0 Å². The molecular weight excluding hydrogens is 488 g/mol. The van der Waals surface area contributed by atoms with E-state index in [1.807, 2.05) is 13.8 Å². The van der Waals surface area contributed by atoms with Crippen molar-refractivity contribution < 1.29 is 23.9 Å². The summed E-state index contributed by atoms with van der Waals surface area (Å²) in [6, 6.07) is 8.68. The SMILES string of the molecule is CC[C@H](C)Oc1cc(Br)c(/C=C2\C(=O)NC(=O)N(c3ccc(Cl)cc3)C2=O)cc1OC. The summed E-state index contributed by atoms with van der Waals surface area (Å²) in [6.45, 7) is 3.95. The van der Waals surface area contributed by atoms with Gasteiger partial charge >= 0.3 is 6.03 Å². The Morgan fingerprint density at radius 2 is 1.84 bits per heavy atom. The summed E-state index contributed by atoms with van der Waals surface area (Å²) in [6.07, 6.45) is 2.19. The van der Waals surface area contributed by atoms with E-state index in [1.54, 1.807) is 24.3 Å². The fourth-order valence-electron chi connectivity index (χ4n) is 2.85. The molecule has 7 nitrogen and oxygen atoms in total. The highest BCUT2D eigenvalue weighted by Gasteiger charge is 2.37. The monoisotopic (exact) mass is 506 g/mol. The van der Waals surface area contributed by atoms with Crippen LogP contribution in [0.15, 0.2) is 46.4 Å². The molecule has 4 amide bonds. The molecule has 1 aliphatic heterocycles. The Kier molecular flexibility index (Phi) is 7.02. The number of nitrogens with zero attached hydrogens (tertiary/aromatic N) is 1. The molecule has 162 valence electrons. The van der Waals surface area contributed by atoms with Crippen molar-refractivity contribution in [3.63, 3.8) is 0 Å². The second-order valence-corrected chi connectivity index (χ2v) is 8.09. The molecule has 1 heterocycles. The van der Waals surface area contributed by atoms with Gasteiger partial charge in [-0.1, -0.05) is 34.5 Å². The van der Waals surface area contributed by atoms with Gasteiger partial charge in [-0.3, -0.25) is 14.9 Å². The van der Waals surface area contributed by atoms with Gasteiger partial charge in [0.15, 0.2) is 11.5 Å². The summed E-state index contributed by atoms with van der Waals surface area (Å²) >= 11 is 9.34. The Hall–Kier alpha value is -2.84. The third-order valence-electron chi connectivity index (χ3n) is 4.67. The van der Waals surface area contributed by atoms with Crippen LogP contribution in [-0.4, -0.2) is 31.1 Å². The highest BCUT2D eigenvalue weighted by atomic mass is 79.9. The molecule has 0 spiro atoms. The van der Waals surface area contributed by atoms with E-state index < -0.39 is 17.8 Å². The molecule has 0 unspecified atom stereocenters. The number of ether oxygens (including phenoxy) is 2. The van der Waals surface area contributed by atoms with Gasteiger partial charge in [-0.05, 0) is 61.4 Å². The van der Waals surface area contributed by atoms with E-state index in [1.165, 1.54) is 25.3 Å². The number of imide groups is 2. The number of barbiturate groups is 1. The second kappa shape index (κ2) is 9.53. The van der Waals surface area contributed by atoms with Gasteiger partial charge in [0.25, 0.3) is 11.8 Å². The molecule has 0 saturated carbocycles. The fourth-order valence-corrected chi connectivity index (χ4v) is 3.41. The van der Waals surface area contributed by atoms with Crippen molar-refractivity contribution >= 4 is 57.1 Å². The number of benzene rings is 2. The molecule has 2 aromatic carbocycles. The van der Waals surface area contributed by atoms with Crippen LogP contribution in [0.2, 0.25) is 5.02 Å². The van der Waals surface area contributed by atoms with Gasteiger partial charge in [-0.2, -0.15) is 0 Å². The fraction of sp³-hybridized carbons (Fsp3) is 0.227. The zero-order valence-electron chi connectivity index (χ0n) is 17.1. The Morgan fingerprint density at radius 1 is 1.16 bits per heavy atom. The summed E-state index contributed by atoms with van der Waals surface area (Å²) in [5, 5.41) is 2.65. The average Bonchev–Trinajstić information content (AvgIpc) is 2.73. The first-order valence-electron chi connectivity index (χ1n) is 9.46. The standard InChI is InChI=1S/C22H20BrClN2O5/c1-4-12(2)31-19-11-17(23)13(10-18(19)30-3)9-16-20(27)25-22(29)26(21(16)28)15-7-5-14(24)6-8-15/h5-12H,4H2,1-3H3,(H,25,27,29)/b16-9+/t12-/m0/s1. The number of methoxy groups -OCH3 is 1.